The van der Waals surface area contributed by atoms with E-state index in [1.807, 2.05) is 5.32 Å². The maximum absolute atomic E-state index is 12.6. The summed E-state index contributed by atoms with van der Waals surface area (Å²) >= 11 is 0. The SMILES string of the molecule is CCOC(=O)Nc1n[nH]c(C(F)(F)F)c1S(C)(=O)=O. The molecule has 0 bridgehead atoms. The van der Waals surface area contributed by atoms with Gasteiger partial charge in [-0.2, -0.15) is 18.3 Å². The quantitative estimate of drug-likeness (QED) is 0.878. The number of H-pyrrole nitrogens is 1. The molecule has 0 unspecified atom stereocenters. The van der Waals surface area contributed by atoms with Gasteiger partial charge in [-0.25, -0.2) is 13.2 Å². The molecule has 1 aromatic heterocycles. The van der Waals surface area contributed by atoms with Gasteiger partial charge in [-0.1, -0.05) is 0 Å². The van der Waals surface area contributed by atoms with Crippen LogP contribution in [0.2, 0.25) is 0 Å². The normalized spacial score (nSPS) is 12.3. The summed E-state index contributed by atoms with van der Waals surface area (Å²) in [5.41, 5.74) is -1.55. The van der Waals surface area contributed by atoms with Crippen molar-refractivity contribution in [3.8, 4) is 0 Å². The van der Waals surface area contributed by atoms with Gasteiger partial charge in [0.2, 0.25) is 0 Å². The van der Waals surface area contributed by atoms with Crippen LogP contribution in [0.1, 0.15) is 12.6 Å². The Bertz CT molecular complexity index is 579. The number of carbonyl (C=O) groups excluding carboxylic acids is 1. The zero-order valence-electron chi connectivity index (χ0n) is 9.83. The second-order valence-corrected chi connectivity index (χ2v) is 5.34. The molecule has 0 radical (unpaired) electrons. The molecule has 1 aromatic rings. The third-order valence-corrected chi connectivity index (χ3v) is 3.01. The number of anilines is 1. The molecule has 1 rings (SSSR count). The van der Waals surface area contributed by atoms with Gasteiger partial charge in [0.15, 0.2) is 21.3 Å². The zero-order chi connectivity index (χ0) is 14.8. The molecule has 11 heteroatoms. The number of carbonyl (C=O) groups is 1. The molecule has 0 atom stereocenters. The number of hydrogen-bond acceptors (Lipinski definition) is 5. The number of sulfone groups is 1. The average Bonchev–Trinajstić information content (AvgIpc) is 2.60. The average molecular weight is 301 g/mol. The van der Waals surface area contributed by atoms with Crippen molar-refractivity contribution >= 4 is 21.7 Å². The first kappa shape index (κ1) is 15.3. The second kappa shape index (κ2) is 5.07. The largest absolute Gasteiger partial charge is 0.450 e. The highest BCUT2D eigenvalue weighted by atomic mass is 32.2. The van der Waals surface area contributed by atoms with E-state index in [-0.39, 0.29) is 6.61 Å². The smallest absolute Gasteiger partial charge is 0.434 e. The van der Waals surface area contributed by atoms with Gasteiger partial charge in [0, 0.05) is 6.26 Å². The molecular formula is C8H10F3N3O4S. The molecule has 0 aliphatic rings. The Labute approximate surface area is 106 Å². The molecule has 0 aliphatic heterocycles. The van der Waals surface area contributed by atoms with E-state index in [2.05, 4.69) is 9.84 Å². The lowest BCUT2D eigenvalue weighted by Gasteiger charge is -2.07. The number of ether oxygens (including phenoxy) is 1. The van der Waals surface area contributed by atoms with E-state index < -0.39 is 38.5 Å². The van der Waals surface area contributed by atoms with Crippen LogP contribution in [0.3, 0.4) is 0 Å². The predicted molar refractivity (Wildman–Crippen MR) is 57.3 cm³/mol. The Balaban J connectivity index is 3.28. The Hall–Kier alpha value is -1.78. The van der Waals surface area contributed by atoms with Crippen LogP contribution in [0, 0.1) is 0 Å². The third-order valence-electron chi connectivity index (χ3n) is 1.87. The number of nitrogens with zero attached hydrogens (tertiary/aromatic N) is 1. The fourth-order valence-corrected chi connectivity index (χ4v) is 2.21. The van der Waals surface area contributed by atoms with Crippen molar-refractivity contribution in [2.24, 2.45) is 0 Å². The first-order valence-electron chi connectivity index (χ1n) is 4.86. The molecule has 0 aliphatic carbocycles. The van der Waals surface area contributed by atoms with Crippen molar-refractivity contribution in [2.75, 3.05) is 18.2 Å². The Morgan fingerprint density at radius 2 is 2.05 bits per heavy atom. The van der Waals surface area contributed by atoms with Gasteiger partial charge < -0.3 is 4.74 Å². The first-order chi connectivity index (χ1) is 8.57. The molecule has 1 heterocycles. The Kier molecular flexibility index (Phi) is 4.08. The van der Waals surface area contributed by atoms with Gasteiger partial charge in [-0.15, -0.1) is 0 Å². The number of halogens is 3. The predicted octanol–water partition coefficient (Wildman–Crippen LogP) is 1.40. The highest BCUT2D eigenvalue weighted by molar-refractivity contribution is 7.91. The summed E-state index contributed by atoms with van der Waals surface area (Å²) in [5.74, 6) is -0.756. The minimum atomic E-state index is -4.94. The van der Waals surface area contributed by atoms with Gasteiger partial charge in [0.25, 0.3) is 0 Å². The van der Waals surface area contributed by atoms with Crippen molar-refractivity contribution in [3.05, 3.63) is 5.69 Å². The van der Waals surface area contributed by atoms with Crippen LogP contribution in [-0.4, -0.2) is 37.6 Å². The van der Waals surface area contributed by atoms with E-state index in [0.717, 1.165) is 0 Å². The maximum atomic E-state index is 12.6. The van der Waals surface area contributed by atoms with Crippen molar-refractivity contribution in [3.63, 3.8) is 0 Å². The molecule has 0 aromatic carbocycles. The molecule has 19 heavy (non-hydrogen) atoms. The topological polar surface area (TPSA) is 101 Å². The van der Waals surface area contributed by atoms with Gasteiger partial charge in [0.05, 0.1) is 6.61 Å². The number of rotatable bonds is 3. The summed E-state index contributed by atoms with van der Waals surface area (Å²) in [6.07, 6.45) is -5.48. The molecule has 108 valence electrons. The fourth-order valence-electron chi connectivity index (χ4n) is 1.23. The Morgan fingerprint density at radius 1 is 1.47 bits per heavy atom. The lowest BCUT2D eigenvalue weighted by atomic mass is 10.4. The van der Waals surface area contributed by atoms with Crippen molar-refractivity contribution < 1.29 is 31.1 Å². The molecule has 0 fully saturated rings. The van der Waals surface area contributed by atoms with Gasteiger partial charge in [0.1, 0.15) is 4.90 Å². The second-order valence-electron chi connectivity index (χ2n) is 3.39. The summed E-state index contributed by atoms with van der Waals surface area (Å²) in [6.45, 7) is 1.44. The molecule has 0 spiro atoms. The zero-order valence-corrected chi connectivity index (χ0v) is 10.6. The highest BCUT2D eigenvalue weighted by Crippen LogP contribution is 2.35. The molecular weight excluding hydrogens is 291 g/mol. The monoisotopic (exact) mass is 301 g/mol. The van der Waals surface area contributed by atoms with Crippen molar-refractivity contribution in [1.29, 1.82) is 0 Å². The summed E-state index contributed by atoms with van der Waals surface area (Å²) in [7, 11) is -4.25. The number of hydrogen-bond donors (Lipinski definition) is 2. The minimum Gasteiger partial charge on any atom is -0.450 e. The molecule has 0 saturated heterocycles. The summed E-state index contributed by atoms with van der Waals surface area (Å²) in [4.78, 5) is 9.96. The summed E-state index contributed by atoms with van der Waals surface area (Å²) < 4.78 is 65.0. The maximum Gasteiger partial charge on any atom is 0.434 e. The van der Waals surface area contributed by atoms with Crippen LogP contribution in [0.15, 0.2) is 4.90 Å². The van der Waals surface area contributed by atoms with Crippen LogP contribution >= 0.6 is 0 Å². The summed E-state index contributed by atoms with van der Waals surface area (Å²) in [5, 5.41) is 6.51. The molecule has 1 amide bonds. The van der Waals surface area contributed by atoms with Gasteiger partial charge >= 0.3 is 12.3 Å². The standard InChI is InChI=1S/C8H10F3N3O4S/c1-3-18-7(15)12-6-4(19(2,16)17)5(13-14-6)8(9,10)11/h3H2,1-2H3,(H2,12,13,14,15). The van der Waals surface area contributed by atoms with Crippen LogP contribution in [0.5, 0.6) is 0 Å². The number of amides is 1. The first-order valence-corrected chi connectivity index (χ1v) is 6.76. The van der Waals surface area contributed by atoms with E-state index in [1.165, 1.54) is 6.92 Å². The fraction of sp³-hybridized carbons (Fsp3) is 0.500. The summed E-state index contributed by atoms with van der Waals surface area (Å²) in [6, 6.07) is 0. The number of aromatic amines is 1. The van der Waals surface area contributed by atoms with Gasteiger partial charge in [-0.3, -0.25) is 10.4 Å². The van der Waals surface area contributed by atoms with Crippen LogP contribution in [0.25, 0.3) is 0 Å². The van der Waals surface area contributed by atoms with Crippen LogP contribution in [0.4, 0.5) is 23.8 Å². The third kappa shape index (κ3) is 3.59. The van der Waals surface area contributed by atoms with E-state index in [1.54, 1.807) is 5.10 Å². The van der Waals surface area contributed by atoms with E-state index in [4.69, 9.17) is 0 Å². The molecule has 7 nitrogen and oxygen atoms in total. The highest BCUT2D eigenvalue weighted by Gasteiger charge is 2.41. The number of alkyl halides is 3. The lowest BCUT2D eigenvalue weighted by Crippen LogP contribution is -2.17. The van der Waals surface area contributed by atoms with Crippen molar-refractivity contribution in [2.45, 2.75) is 18.0 Å². The van der Waals surface area contributed by atoms with Crippen LogP contribution < -0.4 is 5.32 Å². The van der Waals surface area contributed by atoms with E-state index >= 15 is 0 Å². The number of nitrogens with one attached hydrogen (secondary N) is 2. The van der Waals surface area contributed by atoms with Crippen molar-refractivity contribution in [1.82, 2.24) is 10.2 Å². The molecule has 2 N–H and O–H groups in total. The number of aromatic nitrogens is 2. The minimum absolute atomic E-state index is 0.0312. The van der Waals surface area contributed by atoms with Gasteiger partial charge in [-0.05, 0) is 6.92 Å². The van der Waals surface area contributed by atoms with Crippen LogP contribution in [-0.2, 0) is 20.8 Å². The van der Waals surface area contributed by atoms with E-state index in [9.17, 15) is 26.4 Å². The molecule has 0 saturated carbocycles. The van der Waals surface area contributed by atoms with E-state index in [0.29, 0.717) is 6.26 Å². The Morgan fingerprint density at radius 3 is 2.47 bits per heavy atom. The lowest BCUT2D eigenvalue weighted by molar-refractivity contribution is -0.143.